The van der Waals surface area contributed by atoms with Crippen molar-refractivity contribution in [2.24, 2.45) is 5.92 Å². The lowest BCUT2D eigenvalue weighted by molar-refractivity contribution is -0.119. The average molecular weight is 362 g/mol. The fraction of sp³-hybridized carbons (Fsp3) is 0.286. The summed E-state index contributed by atoms with van der Waals surface area (Å²) in [6, 6.07) is 13.2. The van der Waals surface area contributed by atoms with E-state index in [0.29, 0.717) is 0 Å². The minimum atomic E-state index is -0.107. The molecule has 1 saturated carbocycles. The molecular formula is C21H22N4O2. The number of hydrogen-bond acceptors (Lipinski definition) is 3. The molecule has 6 nitrogen and oxygen atoms in total. The SMILES string of the molecule is CC(=O)Nc1ccc2nc(-c3ccc(NC(=O)C4CCCC4)cc3)[nH]c2c1. The topological polar surface area (TPSA) is 86.9 Å². The Morgan fingerprint density at radius 2 is 1.70 bits per heavy atom. The third-order valence-electron chi connectivity index (χ3n) is 4.95. The van der Waals surface area contributed by atoms with Crippen molar-refractivity contribution in [3.63, 3.8) is 0 Å². The molecule has 4 rings (SSSR count). The van der Waals surface area contributed by atoms with Crippen molar-refractivity contribution in [2.45, 2.75) is 32.6 Å². The first-order valence-electron chi connectivity index (χ1n) is 9.27. The van der Waals surface area contributed by atoms with Crippen LogP contribution in [-0.2, 0) is 9.59 Å². The predicted octanol–water partition coefficient (Wildman–Crippen LogP) is 4.32. The number of imidazole rings is 1. The summed E-state index contributed by atoms with van der Waals surface area (Å²) in [5.74, 6) is 0.912. The average Bonchev–Trinajstić information content (AvgIpc) is 3.31. The number of hydrogen-bond donors (Lipinski definition) is 3. The maximum Gasteiger partial charge on any atom is 0.227 e. The van der Waals surface area contributed by atoms with Gasteiger partial charge in [-0.1, -0.05) is 12.8 Å². The molecule has 2 aromatic carbocycles. The van der Waals surface area contributed by atoms with Crippen LogP contribution in [0.3, 0.4) is 0 Å². The Kier molecular flexibility index (Phi) is 4.62. The molecule has 0 radical (unpaired) electrons. The Bertz CT molecular complexity index is 985. The molecule has 0 spiro atoms. The Morgan fingerprint density at radius 1 is 1.00 bits per heavy atom. The second-order valence-electron chi connectivity index (χ2n) is 7.05. The first-order valence-corrected chi connectivity index (χ1v) is 9.27. The smallest absolute Gasteiger partial charge is 0.227 e. The summed E-state index contributed by atoms with van der Waals surface area (Å²) >= 11 is 0. The van der Waals surface area contributed by atoms with Crippen LogP contribution in [0.25, 0.3) is 22.4 Å². The van der Waals surface area contributed by atoms with Crippen LogP contribution in [0.2, 0.25) is 0 Å². The van der Waals surface area contributed by atoms with Crippen molar-refractivity contribution < 1.29 is 9.59 Å². The van der Waals surface area contributed by atoms with E-state index in [2.05, 4.69) is 20.6 Å². The van der Waals surface area contributed by atoms with E-state index in [1.54, 1.807) is 0 Å². The minimum absolute atomic E-state index is 0.107. The summed E-state index contributed by atoms with van der Waals surface area (Å²) < 4.78 is 0. The maximum absolute atomic E-state index is 12.2. The molecular weight excluding hydrogens is 340 g/mol. The number of nitrogens with one attached hydrogen (secondary N) is 3. The van der Waals surface area contributed by atoms with E-state index in [1.165, 1.54) is 6.92 Å². The molecule has 3 aromatic rings. The maximum atomic E-state index is 12.2. The molecule has 0 bridgehead atoms. The molecule has 2 amide bonds. The van der Waals surface area contributed by atoms with Crippen LogP contribution in [0.5, 0.6) is 0 Å². The van der Waals surface area contributed by atoms with Crippen LogP contribution < -0.4 is 10.6 Å². The minimum Gasteiger partial charge on any atom is -0.338 e. The quantitative estimate of drug-likeness (QED) is 0.646. The zero-order chi connectivity index (χ0) is 18.8. The molecule has 0 aliphatic heterocycles. The van der Waals surface area contributed by atoms with Gasteiger partial charge in [0, 0.05) is 29.8 Å². The molecule has 0 atom stereocenters. The molecule has 1 aliphatic carbocycles. The number of amides is 2. The van der Waals surface area contributed by atoms with Gasteiger partial charge >= 0.3 is 0 Å². The summed E-state index contributed by atoms with van der Waals surface area (Å²) in [5, 5.41) is 5.77. The normalized spacial score (nSPS) is 14.4. The largest absolute Gasteiger partial charge is 0.338 e. The van der Waals surface area contributed by atoms with Crippen LogP contribution in [0, 0.1) is 5.92 Å². The summed E-state index contributed by atoms with van der Waals surface area (Å²) in [6.45, 7) is 1.48. The number of benzene rings is 2. The number of aromatic amines is 1. The highest BCUT2D eigenvalue weighted by Crippen LogP contribution is 2.27. The van der Waals surface area contributed by atoms with Crippen LogP contribution in [0.15, 0.2) is 42.5 Å². The third-order valence-corrected chi connectivity index (χ3v) is 4.95. The Labute approximate surface area is 157 Å². The van der Waals surface area contributed by atoms with E-state index in [9.17, 15) is 9.59 Å². The van der Waals surface area contributed by atoms with Crippen molar-refractivity contribution in [1.82, 2.24) is 9.97 Å². The molecule has 1 heterocycles. The van der Waals surface area contributed by atoms with Crippen LogP contribution in [0.1, 0.15) is 32.6 Å². The van der Waals surface area contributed by atoms with E-state index < -0.39 is 0 Å². The van der Waals surface area contributed by atoms with Crippen LogP contribution in [-0.4, -0.2) is 21.8 Å². The first-order chi connectivity index (χ1) is 13.1. The molecule has 27 heavy (non-hydrogen) atoms. The number of fused-ring (bicyclic) bond motifs is 1. The van der Waals surface area contributed by atoms with Crippen LogP contribution in [0.4, 0.5) is 11.4 Å². The lowest BCUT2D eigenvalue weighted by Gasteiger charge is -2.10. The zero-order valence-corrected chi connectivity index (χ0v) is 15.2. The summed E-state index contributed by atoms with van der Waals surface area (Å²) in [6.07, 6.45) is 4.27. The summed E-state index contributed by atoms with van der Waals surface area (Å²) in [5.41, 5.74) is 4.16. The van der Waals surface area contributed by atoms with Crippen molar-refractivity contribution in [2.75, 3.05) is 10.6 Å². The van der Waals surface area contributed by atoms with E-state index in [1.807, 2.05) is 42.5 Å². The Morgan fingerprint density at radius 3 is 2.41 bits per heavy atom. The Hall–Kier alpha value is -3.15. The number of aromatic nitrogens is 2. The van der Waals surface area contributed by atoms with Gasteiger partial charge in [-0.2, -0.15) is 0 Å². The van der Waals surface area contributed by atoms with E-state index in [-0.39, 0.29) is 17.7 Å². The monoisotopic (exact) mass is 362 g/mol. The third kappa shape index (κ3) is 3.84. The van der Waals surface area contributed by atoms with Gasteiger partial charge in [0.1, 0.15) is 5.82 Å². The van der Waals surface area contributed by atoms with E-state index >= 15 is 0 Å². The fourth-order valence-electron chi connectivity index (χ4n) is 3.57. The van der Waals surface area contributed by atoms with E-state index in [0.717, 1.165) is 59.5 Å². The summed E-state index contributed by atoms with van der Waals surface area (Å²) in [7, 11) is 0. The zero-order valence-electron chi connectivity index (χ0n) is 15.2. The van der Waals surface area contributed by atoms with Gasteiger partial charge in [0.05, 0.1) is 11.0 Å². The van der Waals surface area contributed by atoms with Gasteiger partial charge in [-0.15, -0.1) is 0 Å². The van der Waals surface area contributed by atoms with Crippen molar-refractivity contribution in [3.05, 3.63) is 42.5 Å². The highest BCUT2D eigenvalue weighted by Gasteiger charge is 2.22. The standard InChI is InChI=1S/C21H22N4O2/c1-13(26)22-17-10-11-18-19(12-17)25-20(24-18)14-6-8-16(9-7-14)23-21(27)15-4-2-3-5-15/h6-12,15H,2-5H2,1H3,(H,22,26)(H,23,27)(H,24,25). The predicted molar refractivity (Wildman–Crippen MR) is 106 cm³/mol. The molecule has 1 aromatic heterocycles. The number of carbonyl (C=O) groups is 2. The summed E-state index contributed by atoms with van der Waals surface area (Å²) in [4.78, 5) is 31.3. The Balaban J connectivity index is 1.51. The second-order valence-corrected chi connectivity index (χ2v) is 7.05. The fourth-order valence-corrected chi connectivity index (χ4v) is 3.57. The number of carbonyl (C=O) groups excluding carboxylic acids is 2. The van der Waals surface area contributed by atoms with Gasteiger partial charge < -0.3 is 15.6 Å². The molecule has 3 N–H and O–H groups in total. The number of H-pyrrole nitrogens is 1. The molecule has 0 saturated heterocycles. The van der Waals surface area contributed by atoms with Crippen molar-refractivity contribution in [1.29, 1.82) is 0 Å². The van der Waals surface area contributed by atoms with Gasteiger partial charge in [0.25, 0.3) is 0 Å². The van der Waals surface area contributed by atoms with E-state index in [4.69, 9.17) is 0 Å². The van der Waals surface area contributed by atoms with Crippen molar-refractivity contribution in [3.8, 4) is 11.4 Å². The molecule has 1 fully saturated rings. The van der Waals surface area contributed by atoms with Gasteiger partial charge in [-0.3, -0.25) is 9.59 Å². The van der Waals surface area contributed by atoms with Gasteiger partial charge in [0.15, 0.2) is 0 Å². The van der Waals surface area contributed by atoms with Gasteiger partial charge in [-0.25, -0.2) is 4.98 Å². The molecule has 1 aliphatic rings. The lowest BCUT2D eigenvalue weighted by Crippen LogP contribution is -2.20. The lowest BCUT2D eigenvalue weighted by atomic mass is 10.1. The molecule has 0 unspecified atom stereocenters. The van der Waals surface area contributed by atoms with Gasteiger partial charge in [0.2, 0.25) is 11.8 Å². The highest BCUT2D eigenvalue weighted by atomic mass is 16.2. The first kappa shape index (κ1) is 17.3. The number of nitrogens with zero attached hydrogens (tertiary/aromatic N) is 1. The second kappa shape index (κ2) is 7.23. The van der Waals surface area contributed by atoms with Gasteiger partial charge in [-0.05, 0) is 55.3 Å². The van der Waals surface area contributed by atoms with Crippen LogP contribution >= 0.6 is 0 Å². The molecule has 6 heteroatoms. The highest BCUT2D eigenvalue weighted by molar-refractivity contribution is 5.93. The number of anilines is 2. The number of rotatable bonds is 4. The van der Waals surface area contributed by atoms with Crippen molar-refractivity contribution >= 4 is 34.2 Å². The molecule has 138 valence electrons.